The van der Waals surface area contributed by atoms with E-state index < -0.39 is 11.6 Å². The number of hydrogen-bond donors (Lipinski definition) is 3. The summed E-state index contributed by atoms with van der Waals surface area (Å²) in [4.78, 5) is 26.6. The molecule has 0 radical (unpaired) electrons. The van der Waals surface area contributed by atoms with Crippen LogP contribution < -0.4 is 10.6 Å². The zero-order chi connectivity index (χ0) is 27.2. The van der Waals surface area contributed by atoms with Crippen LogP contribution in [0.15, 0.2) is 60.7 Å². The van der Waals surface area contributed by atoms with Crippen LogP contribution in [0.3, 0.4) is 0 Å². The normalized spacial score (nSPS) is 20.5. The van der Waals surface area contributed by atoms with Crippen molar-refractivity contribution in [3.63, 3.8) is 0 Å². The van der Waals surface area contributed by atoms with E-state index in [9.17, 15) is 14.7 Å². The Hall–Kier alpha value is -3.44. The summed E-state index contributed by atoms with van der Waals surface area (Å²) in [6, 6.07) is 18.2. The lowest BCUT2D eigenvalue weighted by molar-refractivity contribution is -0.126. The van der Waals surface area contributed by atoms with E-state index in [1.165, 1.54) is 0 Å². The van der Waals surface area contributed by atoms with Crippen LogP contribution in [-0.4, -0.2) is 28.6 Å². The molecule has 2 amide bonds. The average Bonchev–Trinajstić information content (AvgIpc) is 2.84. The van der Waals surface area contributed by atoms with Crippen molar-refractivity contribution in [3.05, 3.63) is 88.5 Å². The van der Waals surface area contributed by atoms with Gasteiger partial charge in [-0.1, -0.05) is 66.7 Å². The lowest BCUT2D eigenvalue weighted by atomic mass is 9.69. The fourth-order valence-corrected chi connectivity index (χ4v) is 6.12. The van der Waals surface area contributed by atoms with Crippen LogP contribution in [-0.2, 0) is 16.8 Å². The van der Waals surface area contributed by atoms with Gasteiger partial charge in [-0.15, -0.1) is 0 Å². The van der Waals surface area contributed by atoms with Crippen LogP contribution in [0.25, 0.3) is 16.8 Å². The molecule has 3 aromatic carbocycles. The molecule has 0 aromatic heterocycles. The number of carbonyl (C=O) groups is 2. The Labute approximate surface area is 225 Å². The SMILES string of the molecule is CC(C)(C)NC(=O)c1c(CCC(O)CC2C=Cc3cccc4c3C2C(=O)NC4(C)C)ccc2ccccc12. The fourth-order valence-electron chi connectivity index (χ4n) is 6.12. The highest BCUT2D eigenvalue weighted by Gasteiger charge is 2.43. The number of aliphatic hydroxyl groups excluding tert-OH is 1. The van der Waals surface area contributed by atoms with Gasteiger partial charge in [-0.2, -0.15) is 0 Å². The van der Waals surface area contributed by atoms with Gasteiger partial charge in [-0.05, 0) is 92.8 Å². The van der Waals surface area contributed by atoms with Crippen LogP contribution in [0, 0.1) is 5.92 Å². The fraction of sp³-hybridized carbons (Fsp3) is 0.394. The molecule has 3 unspecified atom stereocenters. The van der Waals surface area contributed by atoms with Gasteiger partial charge in [-0.3, -0.25) is 9.59 Å². The maximum Gasteiger partial charge on any atom is 0.252 e. The van der Waals surface area contributed by atoms with Gasteiger partial charge >= 0.3 is 0 Å². The average molecular weight is 511 g/mol. The lowest BCUT2D eigenvalue weighted by Gasteiger charge is -2.42. The van der Waals surface area contributed by atoms with Gasteiger partial charge in [0.2, 0.25) is 5.91 Å². The molecule has 3 N–H and O–H groups in total. The molecule has 3 atom stereocenters. The summed E-state index contributed by atoms with van der Waals surface area (Å²) in [5, 5.41) is 19.4. The van der Waals surface area contributed by atoms with Gasteiger partial charge in [0.25, 0.3) is 5.91 Å². The van der Waals surface area contributed by atoms with Crippen LogP contribution >= 0.6 is 0 Å². The molecule has 3 aromatic rings. The molecule has 0 spiro atoms. The van der Waals surface area contributed by atoms with E-state index >= 15 is 0 Å². The Kier molecular flexibility index (Phi) is 6.68. The van der Waals surface area contributed by atoms with E-state index in [1.807, 2.05) is 77.1 Å². The molecule has 1 aliphatic carbocycles. The van der Waals surface area contributed by atoms with Crippen LogP contribution in [0.5, 0.6) is 0 Å². The van der Waals surface area contributed by atoms with Crippen LogP contribution in [0.1, 0.15) is 86.0 Å². The van der Waals surface area contributed by atoms with E-state index in [2.05, 4.69) is 34.9 Å². The van der Waals surface area contributed by atoms with E-state index in [0.717, 1.165) is 33.0 Å². The smallest absolute Gasteiger partial charge is 0.252 e. The van der Waals surface area contributed by atoms with E-state index in [0.29, 0.717) is 24.8 Å². The first kappa shape index (κ1) is 26.2. The molecule has 1 aliphatic heterocycles. The topological polar surface area (TPSA) is 78.4 Å². The van der Waals surface area contributed by atoms with Crippen molar-refractivity contribution in [3.8, 4) is 0 Å². The maximum absolute atomic E-state index is 13.4. The second-order valence-corrected chi connectivity index (χ2v) is 12.4. The zero-order valence-electron chi connectivity index (χ0n) is 23.0. The number of amides is 2. The lowest BCUT2D eigenvalue weighted by Crippen LogP contribution is -2.50. The number of aryl methyl sites for hydroxylation is 1. The quantitative estimate of drug-likeness (QED) is 0.390. The summed E-state index contributed by atoms with van der Waals surface area (Å²) in [5.74, 6) is -0.468. The number of hydrogen-bond acceptors (Lipinski definition) is 3. The molecule has 5 nitrogen and oxygen atoms in total. The third kappa shape index (κ3) is 5.00. The zero-order valence-corrected chi connectivity index (χ0v) is 23.0. The van der Waals surface area contributed by atoms with Gasteiger partial charge in [0.15, 0.2) is 0 Å². The number of fused-ring (bicyclic) bond motifs is 1. The first-order valence-corrected chi connectivity index (χ1v) is 13.6. The minimum absolute atomic E-state index is 0.0205. The third-order valence-corrected chi connectivity index (χ3v) is 7.82. The monoisotopic (exact) mass is 510 g/mol. The van der Waals surface area contributed by atoms with E-state index in [1.54, 1.807) is 0 Å². The number of aliphatic hydroxyl groups is 1. The summed E-state index contributed by atoms with van der Waals surface area (Å²) in [5.41, 5.74) is 4.15. The molecule has 2 aliphatic rings. The van der Waals surface area contributed by atoms with Crippen molar-refractivity contribution in [2.24, 2.45) is 5.92 Å². The molecule has 5 heteroatoms. The summed E-state index contributed by atoms with van der Waals surface area (Å²) in [6.45, 7) is 10.0. The number of rotatable bonds is 6. The number of allylic oxidation sites excluding steroid dienone is 1. The number of nitrogens with one attached hydrogen (secondary N) is 2. The minimum Gasteiger partial charge on any atom is -0.393 e. The highest BCUT2D eigenvalue weighted by atomic mass is 16.3. The van der Waals surface area contributed by atoms with Gasteiger partial charge in [0.05, 0.1) is 23.1 Å². The number of benzene rings is 3. The predicted molar refractivity (Wildman–Crippen MR) is 153 cm³/mol. The van der Waals surface area contributed by atoms with E-state index in [4.69, 9.17) is 0 Å². The van der Waals surface area contributed by atoms with Crippen LogP contribution in [0.4, 0.5) is 0 Å². The summed E-state index contributed by atoms with van der Waals surface area (Å²) < 4.78 is 0. The molecule has 1 heterocycles. The van der Waals surface area contributed by atoms with Crippen molar-refractivity contribution in [1.82, 2.24) is 10.6 Å². The van der Waals surface area contributed by atoms with Crippen molar-refractivity contribution in [2.75, 3.05) is 0 Å². The molecule has 0 bridgehead atoms. The van der Waals surface area contributed by atoms with Gasteiger partial charge in [0.1, 0.15) is 0 Å². The molecular weight excluding hydrogens is 472 g/mol. The van der Waals surface area contributed by atoms with Gasteiger partial charge in [0, 0.05) is 5.54 Å². The highest BCUT2D eigenvalue weighted by Crippen LogP contribution is 2.45. The summed E-state index contributed by atoms with van der Waals surface area (Å²) >= 11 is 0. The van der Waals surface area contributed by atoms with Crippen molar-refractivity contribution >= 4 is 28.7 Å². The minimum atomic E-state index is -0.605. The van der Waals surface area contributed by atoms with Crippen molar-refractivity contribution < 1.29 is 14.7 Å². The first-order valence-electron chi connectivity index (χ1n) is 13.6. The molecule has 0 saturated heterocycles. The van der Waals surface area contributed by atoms with Crippen LogP contribution in [0.2, 0.25) is 0 Å². The molecule has 5 rings (SSSR count). The van der Waals surface area contributed by atoms with Crippen molar-refractivity contribution in [2.45, 2.75) is 77.0 Å². The molecule has 0 fully saturated rings. The first-order chi connectivity index (χ1) is 17.9. The maximum atomic E-state index is 13.4. The van der Waals surface area contributed by atoms with Crippen molar-refractivity contribution in [1.29, 1.82) is 0 Å². The Balaban J connectivity index is 1.36. The summed E-state index contributed by atoms with van der Waals surface area (Å²) in [6.07, 6.45) is 5.13. The molecule has 198 valence electrons. The molecule has 38 heavy (non-hydrogen) atoms. The second-order valence-electron chi connectivity index (χ2n) is 12.4. The number of carbonyl (C=O) groups excluding carboxylic acids is 2. The largest absolute Gasteiger partial charge is 0.393 e. The Bertz CT molecular complexity index is 1430. The standard InChI is InChI=1S/C33H38N2O3/c1-32(2,3)34-30(37)27-22(14-13-20-9-6-7-11-25(20)27)17-18-24(36)19-23-16-15-21-10-8-12-26-28(21)29(23)31(38)35-33(26,4)5/h6-16,23-24,29,36H,17-19H2,1-5H3,(H,34,37)(H,35,38). The van der Waals surface area contributed by atoms with Gasteiger partial charge < -0.3 is 15.7 Å². The molecule has 0 saturated carbocycles. The molecular formula is C33H38N2O3. The van der Waals surface area contributed by atoms with Gasteiger partial charge in [-0.25, -0.2) is 0 Å². The third-order valence-electron chi connectivity index (χ3n) is 7.82. The predicted octanol–water partition coefficient (Wildman–Crippen LogP) is 5.84. The van der Waals surface area contributed by atoms with E-state index in [-0.39, 0.29) is 29.2 Å². The summed E-state index contributed by atoms with van der Waals surface area (Å²) in [7, 11) is 0. The Morgan fingerprint density at radius 2 is 1.84 bits per heavy atom. The second kappa shape index (κ2) is 9.70. The highest BCUT2D eigenvalue weighted by molar-refractivity contribution is 6.08. The Morgan fingerprint density at radius 3 is 2.61 bits per heavy atom. The Morgan fingerprint density at radius 1 is 1.08 bits per heavy atom.